The first-order valence-electron chi connectivity index (χ1n) is 11.7. The Hall–Kier alpha value is -3.26. The fourth-order valence-electron chi connectivity index (χ4n) is 5.47. The molecule has 0 saturated heterocycles. The van der Waals surface area contributed by atoms with Crippen molar-refractivity contribution in [3.8, 4) is 0 Å². The minimum atomic E-state index is -0.677. The highest BCUT2D eigenvalue weighted by Gasteiger charge is 2.66. The maximum atomic E-state index is 13.8. The Morgan fingerprint density at radius 3 is 1.34 bits per heavy atom. The standard InChI is InChI=1S/C30H26O2/c31-28(22-16-17-22)27(29(32)23-18-19-23)30(24-14-8-3-9-15-24)25(20-10-4-1-5-11-20)26(30)21-12-6-2-7-13-21/h1-15,22-23,27H,16-19H2. The van der Waals surface area contributed by atoms with Crippen LogP contribution in [0.15, 0.2) is 91.0 Å². The van der Waals surface area contributed by atoms with Crippen LogP contribution in [0.25, 0.3) is 11.1 Å². The summed E-state index contributed by atoms with van der Waals surface area (Å²) in [4.78, 5) is 27.7. The highest BCUT2D eigenvalue weighted by atomic mass is 16.2. The SMILES string of the molecule is O=C(C1CC1)C(C(=O)C1CC1)C1(c2ccccc2)C(c2ccccc2)=C1c1ccccc1. The summed E-state index contributed by atoms with van der Waals surface area (Å²) in [7, 11) is 0. The summed E-state index contributed by atoms with van der Waals surface area (Å²) in [6, 6.07) is 30.9. The van der Waals surface area contributed by atoms with E-state index < -0.39 is 11.3 Å². The summed E-state index contributed by atoms with van der Waals surface area (Å²) in [5.74, 6) is -0.235. The van der Waals surface area contributed by atoms with Gasteiger partial charge >= 0.3 is 0 Å². The number of carbonyl (C=O) groups is 2. The largest absolute Gasteiger partial charge is 0.299 e. The van der Waals surface area contributed by atoms with Gasteiger partial charge in [0.25, 0.3) is 0 Å². The second-order valence-electron chi connectivity index (χ2n) is 9.44. The van der Waals surface area contributed by atoms with E-state index in [1.807, 2.05) is 54.6 Å². The molecule has 2 fully saturated rings. The Labute approximate surface area is 189 Å². The molecule has 2 heteroatoms. The lowest BCUT2D eigenvalue weighted by Gasteiger charge is -2.30. The molecule has 3 aliphatic carbocycles. The zero-order chi connectivity index (χ0) is 21.7. The maximum Gasteiger partial charge on any atom is 0.148 e. The number of carbonyl (C=O) groups excluding carboxylic acids is 2. The second-order valence-corrected chi connectivity index (χ2v) is 9.44. The molecule has 6 rings (SSSR count). The lowest BCUT2D eigenvalue weighted by atomic mass is 9.69. The normalized spacial score (nSPS) is 19.2. The van der Waals surface area contributed by atoms with Crippen LogP contribution in [0.4, 0.5) is 0 Å². The van der Waals surface area contributed by atoms with Crippen molar-refractivity contribution >= 4 is 22.7 Å². The van der Waals surface area contributed by atoms with Gasteiger partial charge < -0.3 is 0 Å². The Kier molecular flexibility index (Phi) is 4.50. The molecule has 0 atom stereocenters. The highest BCUT2D eigenvalue weighted by molar-refractivity contribution is 6.26. The molecule has 3 aromatic carbocycles. The first-order chi connectivity index (χ1) is 15.7. The van der Waals surface area contributed by atoms with Gasteiger partial charge in [0.15, 0.2) is 0 Å². The molecule has 2 saturated carbocycles. The van der Waals surface area contributed by atoms with Gasteiger partial charge in [-0.05, 0) is 53.5 Å². The fraction of sp³-hybridized carbons (Fsp3) is 0.267. The highest BCUT2D eigenvalue weighted by Crippen LogP contribution is 2.69. The first-order valence-corrected chi connectivity index (χ1v) is 11.7. The molecular weight excluding hydrogens is 392 g/mol. The van der Waals surface area contributed by atoms with Crippen LogP contribution in [0.5, 0.6) is 0 Å². The average molecular weight is 419 g/mol. The molecule has 0 N–H and O–H groups in total. The third-order valence-corrected chi connectivity index (χ3v) is 7.29. The number of hydrogen-bond donors (Lipinski definition) is 0. The fourth-order valence-corrected chi connectivity index (χ4v) is 5.47. The third-order valence-electron chi connectivity index (χ3n) is 7.29. The monoisotopic (exact) mass is 418 g/mol. The predicted molar refractivity (Wildman–Crippen MR) is 127 cm³/mol. The lowest BCUT2D eigenvalue weighted by Crippen LogP contribution is -2.40. The Morgan fingerprint density at radius 2 is 0.969 bits per heavy atom. The Balaban J connectivity index is 1.61. The summed E-state index contributed by atoms with van der Waals surface area (Å²) < 4.78 is 0. The number of benzene rings is 3. The molecule has 0 bridgehead atoms. The second kappa shape index (κ2) is 7.41. The van der Waals surface area contributed by atoms with Gasteiger partial charge in [0, 0.05) is 11.8 Å². The molecule has 0 amide bonds. The molecular formula is C30H26O2. The van der Waals surface area contributed by atoms with Gasteiger partial charge in [-0.1, -0.05) is 91.0 Å². The zero-order valence-corrected chi connectivity index (χ0v) is 18.0. The number of Topliss-reactive ketones (excluding diaryl/α,β-unsaturated/α-hetero) is 2. The third kappa shape index (κ3) is 3.01. The van der Waals surface area contributed by atoms with Crippen LogP contribution < -0.4 is 0 Å². The van der Waals surface area contributed by atoms with E-state index in [0.29, 0.717) is 0 Å². The summed E-state index contributed by atoms with van der Waals surface area (Å²) in [6.07, 6.45) is 3.66. The van der Waals surface area contributed by atoms with Crippen molar-refractivity contribution in [3.05, 3.63) is 108 Å². The molecule has 32 heavy (non-hydrogen) atoms. The van der Waals surface area contributed by atoms with E-state index in [2.05, 4.69) is 36.4 Å². The van der Waals surface area contributed by atoms with Crippen molar-refractivity contribution in [2.45, 2.75) is 31.1 Å². The van der Waals surface area contributed by atoms with Crippen molar-refractivity contribution in [2.75, 3.05) is 0 Å². The smallest absolute Gasteiger partial charge is 0.148 e. The predicted octanol–water partition coefficient (Wildman–Crippen LogP) is 6.12. The molecule has 0 spiro atoms. The topological polar surface area (TPSA) is 34.1 Å². The number of rotatable bonds is 8. The number of ketones is 2. The molecule has 0 aliphatic heterocycles. The average Bonchev–Trinajstić information content (AvgIpc) is 3.72. The summed E-state index contributed by atoms with van der Waals surface area (Å²) in [5.41, 5.74) is 4.88. The van der Waals surface area contributed by atoms with E-state index in [1.54, 1.807) is 0 Å². The van der Waals surface area contributed by atoms with E-state index in [0.717, 1.165) is 53.5 Å². The maximum absolute atomic E-state index is 13.8. The lowest BCUT2D eigenvalue weighted by molar-refractivity contribution is -0.135. The van der Waals surface area contributed by atoms with Crippen LogP contribution in [-0.4, -0.2) is 11.6 Å². The molecule has 0 unspecified atom stereocenters. The molecule has 3 aliphatic rings. The van der Waals surface area contributed by atoms with Crippen molar-refractivity contribution in [1.29, 1.82) is 0 Å². The van der Waals surface area contributed by atoms with Gasteiger partial charge in [0.2, 0.25) is 0 Å². The number of allylic oxidation sites excluding steroid dienone is 2. The van der Waals surface area contributed by atoms with Crippen molar-refractivity contribution in [1.82, 2.24) is 0 Å². The summed E-state index contributed by atoms with van der Waals surface area (Å²) in [5, 5.41) is 0. The van der Waals surface area contributed by atoms with Crippen molar-refractivity contribution in [3.63, 3.8) is 0 Å². The molecule has 2 nitrogen and oxygen atoms in total. The van der Waals surface area contributed by atoms with Gasteiger partial charge in [-0.3, -0.25) is 9.59 Å². The van der Waals surface area contributed by atoms with Gasteiger partial charge in [0.05, 0.1) is 11.3 Å². The molecule has 0 heterocycles. The molecule has 158 valence electrons. The van der Waals surface area contributed by atoms with Gasteiger partial charge in [-0.25, -0.2) is 0 Å². The van der Waals surface area contributed by atoms with Crippen LogP contribution in [0.2, 0.25) is 0 Å². The van der Waals surface area contributed by atoms with E-state index in [1.165, 1.54) is 0 Å². The van der Waals surface area contributed by atoms with E-state index in [-0.39, 0.29) is 23.4 Å². The van der Waals surface area contributed by atoms with Crippen molar-refractivity contribution < 1.29 is 9.59 Å². The van der Waals surface area contributed by atoms with E-state index in [9.17, 15) is 9.59 Å². The summed E-state index contributed by atoms with van der Waals surface area (Å²) in [6.45, 7) is 0. The van der Waals surface area contributed by atoms with Crippen LogP contribution in [0, 0.1) is 17.8 Å². The van der Waals surface area contributed by atoms with Crippen LogP contribution in [0.3, 0.4) is 0 Å². The van der Waals surface area contributed by atoms with Crippen LogP contribution in [0.1, 0.15) is 42.4 Å². The van der Waals surface area contributed by atoms with Gasteiger partial charge in [-0.2, -0.15) is 0 Å². The number of hydrogen-bond acceptors (Lipinski definition) is 2. The van der Waals surface area contributed by atoms with Crippen LogP contribution >= 0.6 is 0 Å². The van der Waals surface area contributed by atoms with Gasteiger partial charge in [-0.15, -0.1) is 0 Å². The van der Waals surface area contributed by atoms with Crippen LogP contribution in [-0.2, 0) is 15.0 Å². The first kappa shape index (κ1) is 19.4. The Bertz CT molecular complexity index is 1130. The van der Waals surface area contributed by atoms with E-state index in [4.69, 9.17) is 0 Å². The summed E-state index contributed by atoms with van der Waals surface area (Å²) >= 11 is 0. The van der Waals surface area contributed by atoms with E-state index >= 15 is 0 Å². The molecule has 0 aromatic heterocycles. The zero-order valence-electron chi connectivity index (χ0n) is 18.0. The quantitative estimate of drug-likeness (QED) is 0.413. The Morgan fingerprint density at radius 1 is 0.594 bits per heavy atom. The minimum absolute atomic E-state index is 0.0398. The minimum Gasteiger partial charge on any atom is -0.299 e. The molecule has 3 aromatic rings. The molecule has 0 radical (unpaired) electrons. The van der Waals surface area contributed by atoms with Crippen molar-refractivity contribution in [2.24, 2.45) is 17.8 Å². The van der Waals surface area contributed by atoms with Gasteiger partial charge in [0.1, 0.15) is 11.6 Å².